The van der Waals surface area contributed by atoms with Crippen molar-refractivity contribution < 1.29 is 13.5 Å². The van der Waals surface area contributed by atoms with Gasteiger partial charge in [0.2, 0.25) is 0 Å². The molecule has 0 fully saturated rings. The van der Waals surface area contributed by atoms with Gasteiger partial charge in [0.15, 0.2) is 9.84 Å². The first-order chi connectivity index (χ1) is 15.0. The number of thiophene rings is 1. The molecule has 0 spiro atoms. The minimum Gasteiger partial charge on any atom is -0.384 e. The second-order valence-electron chi connectivity index (χ2n) is 7.73. The Hall–Kier alpha value is -2.45. The standard InChI is InChI=1S/C24H25ClN2O3S2/c1-4-32(29,30)17-11-9-16(10-12-17)21-13-14-22(31-21)20(15-23(26)24(2,3)28)27-19-8-6-5-7-18(19)25/h5-15,26-28H,4H2,1-3H3/b20-15-,26-23?. The summed E-state index contributed by atoms with van der Waals surface area (Å²) in [7, 11) is -3.25. The van der Waals surface area contributed by atoms with E-state index >= 15 is 0 Å². The van der Waals surface area contributed by atoms with E-state index in [1.807, 2.05) is 30.3 Å². The maximum absolute atomic E-state index is 12.1. The molecular formula is C24H25ClN2O3S2. The number of nitrogens with one attached hydrogen (secondary N) is 2. The molecule has 0 aliphatic heterocycles. The Morgan fingerprint density at radius 1 is 1.12 bits per heavy atom. The van der Waals surface area contributed by atoms with Crippen LogP contribution in [0.15, 0.2) is 71.6 Å². The summed E-state index contributed by atoms with van der Waals surface area (Å²) in [4.78, 5) is 2.10. The first kappa shape index (κ1) is 24.2. The van der Waals surface area contributed by atoms with E-state index in [2.05, 4.69) is 5.32 Å². The summed E-state index contributed by atoms with van der Waals surface area (Å²) in [6, 6.07) is 18.0. The van der Waals surface area contributed by atoms with Gasteiger partial charge in [-0.25, -0.2) is 8.42 Å². The normalized spacial score (nSPS) is 12.6. The van der Waals surface area contributed by atoms with Crippen molar-refractivity contribution in [1.29, 1.82) is 5.41 Å². The van der Waals surface area contributed by atoms with E-state index < -0.39 is 15.4 Å². The quantitative estimate of drug-likeness (QED) is 0.334. The Bertz CT molecular complexity index is 1250. The second-order valence-corrected chi connectivity index (χ2v) is 11.5. The van der Waals surface area contributed by atoms with E-state index in [0.29, 0.717) is 21.3 Å². The smallest absolute Gasteiger partial charge is 0.178 e. The van der Waals surface area contributed by atoms with Crippen LogP contribution in [0.3, 0.4) is 0 Å². The summed E-state index contributed by atoms with van der Waals surface area (Å²) >= 11 is 7.80. The van der Waals surface area contributed by atoms with Crippen molar-refractivity contribution in [2.45, 2.75) is 31.3 Å². The molecule has 3 rings (SSSR count). The van der Waals surface area contributed by atoms with Crippen molar-refractivity contribution >= 4 is 49.9 Å². The zero-order chi connectivity index (χ0) is 23.5. The van der Waals surface area contributed by atoms with E-state index in [9.17, 15) is 13.5 Å². The van der Waals surface area contributed by atoms with Crippen LogP contribution in [0.1, 0.15) is 25.6 Å². The van der Waals surface area contributed by atoms with Crippen molar-refractivity contribution in [2.75, 3.05) is 11.1 Å². The van der Waals surface area contributed by atoms with Crippen molar-refractivity contribution in [3.8, 4) is 10.4 Å². The summed E-state index contributed by atoms with van der Waals surface area (Å²) in [6.07, 6.45) is 1.59. The van der Waals surface area contributed by atoms with Gasteiger partial charge < -0.3 is 15.8 Å². The van der Waals surface area contributed by atoms with Gasteiger partial charge in [0, 0.05) is 4.88 Å². The molecule has 0 saturated heterocycles. The molecule has 0 amide bonds. The highest BCUT2D eigenvalue weighted by Gasteiger charge is 2.20. The highest BCUT2D eigenvalue weighted by molar-refractivity contribution is 7.91. The average molecular weight is 489 g/mol. The highest BCUT2D eigenvalue weighted by Crippen LogP contribution is 2.34. The van der Waals surface area contributed by atoms with Gasteiger partial charge in [-0.15, -0.1) is 11.3 Å². The van der Waals surface area contributed by atoms with Crippen molar-refractivity contribution in [2.24, 2.45) is 0 Å². The van der Waals surface area contributed by atoms with Crippen LogP contribution in [0.25, 0.3) is 16.1 Å². The van der Waals surface area contributed by atoms with Gasteiger partial charge in [0.1, 0.15) is 5.60 Å². The number of sulfone groups is 1. The van der Waals surface area contributed by atoms with Gasteiger partial charge in [-0.2, -0.15) is 0 Å². The third kappa shape index (κ3) is 5.66. The maximum atomic E-state index is 12.1. The van der Waals surface area contributed by atoms with E-state index in [4.69, 9.17) is 17.0 Å². The number of para-hydroxylation sites is 1. The molecule has 2 aromatic carbocycles. The molecule has 1 heterocycles. The van der Waals surface area contributed by atoms with Crippen LogP contribution < -0.4 is 5.32 Å². The molecule has 8 heteroatoms. The third-order valence-corrected chi connectivity index (χ3v) is 8.09. The predicted octanol–water partition coefficient (Wildman–Crippen LogP) is 6.11. The van der Waals surface area contributed by atoms with E-state index in [0.717, 1.165) is 15.3 Å². The van der Waals surface area contributed by atoms with Gasteiger partial charge in [-0.1, -0.05) is 42.8 Å². The lowest BCUT2D eigenvalue weighted by Crippen LogP contribution is -2.29. The fourth-order valence-electron chi connectivity index (χ4n) is 2.83. The van der Waals surface area contributed by atoms with Gasteiger partial charge in [0.05, 0.1) is 37.6 Å². The van der Waals surface area contributed by atoms with Crippen molar-refractivity contribution in [1.82, 2.24) is 0 Å². The molecule has 5 nitrogen and oxygen atoms in total. The number of benzene rings is 2. The lowest BCUT2D eigenvalue weighted by molar-refractivity contribution is 0.154. The Labute approximate surface area is 197 Å². The SMILES string of the molecule is CCS(=O)(=O)c1ccc(-c2ccc(/C(=C/C(=N)C(C)(C)O)Nc3ccccc3Cl)s2)cc1. The van der Waals surface area contributed by atoms with Crippen LogP contribution >= 0.6 is 22.9 Å². The zero-order valence-electron chi connectivity index (χ0n) is 18.0. The van der Waals surface area contributed by atoms with Crippen molar-refractivity contribution in [3.05, 3.63) is 76.6 Å². The van der Waals surface area contributed by atoms with Gasteiger partial charge in [-0.05, 0) is 61.9 Å². The van der Waals surface area contributed by atoms with Gasteiger partial charge in [0.25, 0.3) is 0 Å². The summed E-state index contributed by atoms with van der Waals surface area (Å²) in [6.45, 7) is 4.75. The molecule has 1 aromatic heterocycles. The molecule has 3 N–H and O–H groups in total. The van der Waals surface area contributed by atoms with E-state index in [1.54, 1.807) is 57.2 Å². The molecule has 0 aliphatic carbocycles. The largest absolute Gasteiger partial charge is 0.384 e. The Morgan fingerprint density at radius 2 is 1.78 bits per heavy atom. The minimum absolute atomic E-state index is 0.0520. The van der Waals surface area contributed by atoms with Crippen LogP contribution in [0, 0.1) is 5.41 Å². The highest BCUT2D eigenvalue weighted by atomic mass is 35.5. The minimum atomic E-state index is -3.25. The Morgan fingerprint density at radius 3 is 2.38 bits per heavy atom. The number of anilines is 1. The lowest BCUT2D eigenvalue weighted by Gasteiger charge is -2.18. The van der Waals surface area contributed by atoms with Gasteiger partial charge >= 0.3 is 0 Å². The molecule has 3 aromatic rings. The fourth-order valence-corrected chi connectivity index (χ4v) is 4.88. The summed E-state index contributed by atoms with van der Waals surface area (Å²) in [5.41, 5.74) is 0.968. The third-order valence-electron chi connectivity index (χ3n) is 4.84. The predicted molar refractivity (Wildman–Crippen MR) is 135 cm³/mol. The molecule has 168 valence electrons. The number of hydrogen-bond donors (Lipinski definition) is 3. The van der Waals surface area contributed by atoms with Gasteiger partial charge in [-0.3, -0.25) is 0 Å². The summed E-state index contributed by atoms with van der Waals surface area (Å²) < 4.78 is 24.1. The molecule has 0 unspecified atom stereocenters. The molecule has 32 heavy (non-hydrogen) atoms. The van der Waals surface area contributed by atoms with Crippen LogP contribution in [0.2, 0.25) is 5.02 Å². The lowest BCUT2D eigenvalue weighted by atomic mass is 10.0. The Balaban J connectivity index is 1.97. The number of hydrogen-bond acceptors (Lipinski definition) is 6. The molecule has 0 aliphatic rings. The number of halogens is 1. The van der Waals surface area contributed by atoms with Crippen LogP contribution in [0.5, 0.6) is 0 Å². The first-order valence-corrected chi connectivity index (χ1v) is 12.8. The summed E-state index contributed by atoms with van der Waals surface area (Å²) in [5, 5.41) is 22.3. The monoisotopic (exact) mass is 488 g/mol. The average Bonchev–Trinajstić information content (AvgIpc) is 3.24. The fraction of sp³-hybridized carbons (Fsp3) is 0.208. The van der Waals surface area contributed by atoms with E-state index in [1.165, 1.54) is 11.3 Å². The first-order valence-electron chi connectivity index (χ1n) is 9.99. The molecule has 0 radical (unpaired) electrons. The van der Waals surface area contributed by atoms with Crippen LogP contribution in [0.4, 0.5) is 5.69 Å². The Kier molecular flexibility index (Phi) is 7.25. The number of aliphatic hydroxyl groups is 1. The topological polar surface area (TPSA) is 90.2 Å². The zero-order valence-corrected chi connectivity index (χ0v) is 20.4. The summed E-state index contributed by atoms with van der Waals surface area (Å²) in [5.74, 6) is 0.0600. The molecule has 0 bridgehead atoms. The van der Waals surface area contributed by atoms with E-state index in [-0.39, 0.29) is 11.5 Å². The number of rotatable bonds is 8. The second kappa shape index (κ2) is 9.58. The van der Waals surface area contributed by atoms with Crippen LogP contribution in [-0.4, -0.2) is 30.6 Å². The maximum Gasteiger partial charge on any atom is 0.178 e. The molecule has 0 atom stereocenters. The van der Waals surface area contributed by atoms with Crippen molar-refractivity contribution in [3.63, 3.8) is 0 Å². The van der Waals surface area contributed by atoms with Crippen LogP contribution in [-0.2, 0) is 9.84 Å². The molecular weight excluding hydrogens is 464 g/mol. The molecule has 0 saturated carbocycles.